The molecule has 0 fully saturated rings. The Kier molecular flexibility index (Phi) is 3.98. The molecule has 1 unspecified atom stereocenters. The zero-order chi connectivity index (χ0) is 14.7. The Morgan fingerprint density at radius 1 is 1.30 bits per heavy atom. The summed E-state index contributed by atoms with van der Waals surface area (Å²) in [6, 6.07) is 8.00. The number of hydrogen-bond acceptors (Lipinski definition) is 3. The molecule has 0 bridgehead atoms. The summed E-state index contributed by atoms with van der Waals surface area (Å²) in [5.74, 6) is -1.31. The molecule has 104 valence electrons. The largest absolute Gasteiger partial charge is 0.480 e. The molecule has 20 heavy (non-hydrogen) atoms. The normalized spacial score (nSPS) is 12.1. The van der Waals surface area contributed by atoms with E-state index >= 15 is 0 Å². The number of pyridine rings is 1. The number of rotatable bonds is 4. The minimum Gasteiger partial charge on any atom is -0.480 e. The average molecular weight is 272 g/mol. The van der Waals surface area contributed by atoms with Gasteiger partial charge < -0.3 is 10.0 Å². The van der Waals surface area contributed by atoms with Gasteiger partial charge in [0.2, 0.25) is 0 Å². The Morgan fingerprint density at radius 2 is 2.05 bits per heavy atom. The molecule has 0 radical (unpaired) electrons. The SMILES string of the molecule is CCC(C(=O)O)N(C)C(=O)c1cccc2ncccc12. The number of carbonyl (C=O) groups excluding carboxylic acids is 1. The molecule has 2 aromatic rings. The maximum Gasteiger partial charge on any atom is 0.326 e. The van der Waals surface area contributed by atoms with Crippen LogP contribution in [0.4, 0.5) is 0 Å². The smallest absolute Gasteiger partial charge is 0.326 e. The van der Waals surface area contributed by atoms with Gasteiger partial charge in [0.05, 0.1) is 5.52 Å². The van der Waals surface area contributed by atoms with Crippen LogP contribution in [0.15, 0.2) is 36.5 Å². The van der Waals surface area contributed by atoms with E-state index in [0.717, 1.165) is 10.9 Å². The van der Waals surface area contributed by atoms with E-state index in [-0.39, 0.29) is 5.91 Å². The number of amides is 1. The van der Waals surface area contributed by atoms with E-state index in [2.05, 4.69) is 4.98 Å². The van der Waals surface area contributed by atoms with Crippen molar-refractivity contribution < 1.29 is 14.7 Å². The number of hydrogen-bond donors (Lipinski definition) is 1. The van der Waals surface area contributed by atoms with Crippen molar-refractivity contribution in [1.82, 2.24) is 9.88 Å². The van der Waals surface area contributed by atoms with E-state index in [4.69, 9.17) is 5.11 Å². The Morgan fingerprint density at radius 3 is 2.70 bits per heavy atom. The molecule has 1 atom stereocenters. The summed E-state index contributed by atoms with van der Waals surface area (Å²) in [5, 5.41) is 9.88. The van der Waals surface area contributed by atoms with Gasteiger partial charge in [-0.1, -0.05) is 19.1 Å². The zero-order valence-electron chi connectivity index (χ0n) is 11.4. The van der Waals surface area contributed by atoms with Crippen LogP contribution in [-0.4, -0.2) is 40.0 Å². The molecule has 5 nitrogen and oxygen atoms in total. The van der Waals surface area contributed by atoms with Crippen LogP contribution in [0, 0.1) is 0 Å². The van der Waals surface area contributed by atoms with Crippen LogP contribution in [0.3, 0.4) is 0 Å². The number of benzene rings is 1. The first-order valence-corrected chi connectivity index (χ1v) is 6.40. The Labute approximate surface area is 116 Å². The second-order valence-corrected chi connectivity index (χ2v) is 4.55. The highest BCUT2D eigenvalue weighted by molar-refractivity contribution is 6.06. The number of carbonyl (C=O) groups is 2. The molecule has 1 amide bonds. The van der Waals surface area contributed by atoms with Crippen LogP contribution >= 0.6 is 0 Å². The van der Waals surface area contributed by atoms with Gasteiger partial charge in [0.15, 0.2) is 0 Å². The topological polar surface area (TPSA) is 70.5 Å². The fourth-order valence-electron chi connectivity index (χ4n) is 2.24. The lowest BCUT2D eigenvalue weighted by atomic mass is 10.1. The number of carboxylic acid groups (broad SMARTS) is 1. The van der Waals surface area contributed by atoms with Crippen molar-refractivity contribution in [1.29, 1.82) is 0 Å². The molecule has 1 aromatic carbocycles. The molecular weight excluding hydrogens is 256 g/mol. The number of fused-ring (bicyclic) bond motifs is 1. The first-order chi connectivity index (χ1) is 9.56. The average Bonchev–Trinajstić information content (AvgIpc) is 2.46. The van der Waals surface area contributed by atoms with Gasteiger partial charge in [-0.3, -0.25) is 9.78 Å². The molecule has 0 saturated carbocycles. The predicted molar refractivity (Wildman–Crippen MR) is 75.6 cm³/mol. The molecule has 1 heterocycles. The number of nitrogens with zero attached hydrogens (tertiary/aromatic N) is 2. The monoisotopic (exact) mass is 272 g/mol. The molecule has 1 aromatic heterocycles. The maximum atomic E-state index is 12.5. The number of aromatic nitrogens is 1. The molecule has 0 aliphatic carbocycles. The van der Waals surface area contributed by atoms with Crippen molar-refractivity contribution in [2.45, 2.75) is 19.4 Å². The van der Waals surface area contributed by atoms with Gasteiger partial charge >= 0.3 is 5.97 Å². The predicted octanol–water partition coefficient (Wildman–Crippen LogP) is 2.17. The quantitative estimate of drug-likeness (QED) is 0.926. The fourth-order valence-corrected chi connectivity index (χ4v) is 2.24. The van der Waals surface area contributed by atoms with Crippen LogP contribution in [0.2, 0.25) is 0 Å². The first kappa shape index (κ1) is 14.0. The van der Waals surface area contributed by atoms with E-state index in [1.54, 1.807) is 31.3 Å². The molecule has 0 aliphatic rings. The third-order valence-electron chi connectivity index (χ3n) is 3.34. The molecular formula is C15H16N2O3. The minimum absolute atomic E-state index is 0.308. The Bertz CT molecular complexity index is 649. The molecule has 2 rings (SSSR count). The van der Waals surface area contributed by atoms with Gasteiger partial charge in [0.1, 0.15) is 6.04 Å². The Balaban J connectivity index is 2.43. The van der Waals surface area contributed by atoms with E-state index in [1.165, 1.54) is 11.9 Å². The Hall–Kier alpha value is -2.43. The molecule has 1 N–H and O–H groups in total. The summed E-state index contributed by atoms with van der Waals surface area (Å²) in [6.07, 6.45) is 2.02. The third kappa shape index (κ3) is 2.47. The number of aliphatic carboxylic acids is 1. The highest BCUT2D eigenvalue weighted by Crippen LogP contribution is 2.19. The molecule has 0 saturated heterocycles. The van der Waals surface area contributed by atoms with E-state index in [0.29, 0.717) is 12.0 Å². The highest BCUT2D eigenvalue weighted by atomic mass is 16.4. The van der Waals surface area contributed by atoms with Gasteiger partial charge in [-0.2, -0.15) is 0 Å². The standard InChI is InChI=1S/C15H16N2O3/c1-3-13(15(19)20)17(2)14(18)11-6-4-8-12-10(11)7-5-9-16-12/h4-9,13H,3H2,1-2H3,(H,19,20). The van der Waals surface area contributed by atoms with Crippen molar-refractivity contribution in [3.63, 3.8) is 0 Å². The van der Waals surface area contributed by atoms with Gasteiger partial charge in [0.25, 0.3) is 5.91 Å². The zero-order valence-corrected chi connectivity index (χ0v) is 11.4. The van der Waals surface area contributed by atoms with Crippen molar-refractivity contribution in [3.05, 3.63) is 42.1 Å². The van der Waals surface area contributed by atoms with Crippen molar-refractivity contribution in [2.24, 2.45) is 0 Å². The van der Waals surface area contributed by atoms with E-state index in [1.807, 2.05) is 12.1 Å². The molecule has 0 spiro atoms. The van der Waals surface area contributed by atoms with Gasteiger partial charge in [-0.15, -0.1) is 0 Å². The summed E-state index contributed by atoms with van der Waals surface area (Å²) in [6.45, 7) is 1.74. The van der Waals surface area contributed by atoms with Crippen LogP contribution < -0.4 is 0 Å². The van der Waals surface area contributed by atoms with Crippen LogP contribution in [0.1, 0.15) is 23.7 Å². The van der Waals surface area contributed by atoms with Gasteiger partial charge in [0, 0.05) is 24.2 Å². The summed E-state index contributed by atoms with van der Waals surface area (Å²) in [7, 11) is 1.51. The lowest BCUT2D eigenvalue weighted by Gasteiger charge is -2.24. The van der Waals surface area contributed by atoms with Gasteiger partial charge in [-0.05, 0) is 24.6 Å². The molecule has 5 heteroatoms. The highest BCUT2D eigenvalue weighted by Gasteiger charge is 2.26. The number of carboxylic acids is 1. The summed E-state index contributed by atoms with van der Waals surface area (Å²) >= 11 is 0. The first-order valence-electron chi connectivity index (χ1n) is 6.40. The van der Waals surface area contributed by atoms with Crippen LogP contribution in [-0.2, 0) is 4.79 Å². The fraction of sp³-hybridized carbons (Fsp3) is 0.267. The van der Waals surface area contributed by atoms with Gasteiger partial charge in [-0.25, -0.2) is 4.79 Å². The summed E-state index contributed by atoms with van der Waals surface area (Å²) in [5.41, 5.74) is 1.19. The lowest BCUT2D eigenvalue weighted by Crippen LogP contribution is -2.42. The van der Waals surface area contributed by atoms with Crippen LogP contribution in [0.25, 0.3) is 10.9 Å². The second kappa shape index (κ2) is 5.69. The third-order valence-corrected chi connectivity index (χ3v) is 3.34. The molecule has 0 aliphatic heterocycles. The lowest BCUT2D eigenvalue weighted by molar-refractivity contribution is -0.142. The van der Waals surface area contributed by atoms with Crippen molar-refractivity contribution in [2.75, 3.05) is 7.05 Å². The summed E-state index contributed by atoms with van der Waals surface area (Å²) < 4.78 is 0. The van der Waals surface area contributed by atoms with E-state index in [9.17, 15) is 9.59 Å². The van der Waals surface area contributed by atoms with E-state index < -0.39 is 12.0 Å². The minimum atomic E-state index is -0.998. The summed E-state index contributed by atoms with van der Waals surface area (Å²) in [4.78, 5) is 29.1. The van der Waals surface area contributed by atoms with Crippen molar-refractivity contribution >= 4 is 22.8 Å². The van der Waals surface area contributed by atoms with Crippen LogP contribution in [0.5, 0.6) is 0 Å². The number of likely N-dealkylation sites (N-methyl/N-ethyl adjacent to an activating group) is 1. The van der Waals surface area contributed by atoms with Crippen molar-refractivity contribution in [3.8, 4) is 0 Å². The maximum absolute atomic E-state index is 12.5. The second-order valence-electron chi connectivity index (χ2n) is 4.55.